The molecule has 0 aliphatic carbocycles. The molecule has 0 bridgehead atoms. The third-order valence-electron chi connectivity index (χ3n) is 5.21. The van der Waals surface area contributed by atoms with Gasteiger partial charge < -0.3 is 19.6 Å². The predicted octanol–water partition coefficient (Wildman–Crippen LogP) is 3.29. The molecule has 3 amide bonds. The van der Waals surface area contributed by atoms with E-state index in [-0.39, 0.29) is 6.09 Å². The third kappa shape index (κ3) is 4.53. The molecule has 3 rings (SSSR count). The van der Waals surface area contributed by atoms with Crippen molar-refractivity contribution in [3.8, 4) is 0 Å². The van der Waals surface area contributed by atoms with Gasteiger partial charge in [0.2, 0.25) is 0 Å². The molecule has 1 unspecified atom stereocenters. The highest BCUT2D eigenvalue weighted by Gasteiger charge is 2.44. The molecule has 30 heavy (non-hydrogen) atoms. The van der Waals surface area contributed by atoms with Gasteiger partial charge in [0.1, 0.15) is 10.5 Å². The van der Waals surface area contributed by atoms with E-state index in [0.717, 1.165) is 4.90 Å². The molecular formula is C20H30N4O5S. The van der Waals surface area contributed by atoms with Gasteiger partial charge in [0.05, 0.1) is 11.7 Å². The average Bonchev–Trinajstić information content (AvgIpc) is 3.04. The van der Waals surface area contributed by atoms with Crippen LogP contribution in [0.3, 0.4) is 0 Å². The number of carboxylic acid groups (broad SMARTS) is 1. The van der Waals surface area contributed by atoms with Crippen molar-refractivity contribution in [2.24, 2.45) is 5.41 Å². The molecule has 9 nitrogen and oxygen atoms in total. The van der Waals surface area contributed by atoms with Gasteiger partial charge in [-0.3, -0.25) is 4.79 Å². The van der Waals surface area contributed by atoms with Gasteiger partial charge in [0, 0.05) is 32.6 Å². The van der Waals surface area contributed by atoms with E-state index in [1.165, 1.54) is 11.3 Å². The molecular weight excluding hydrogens is 408 g/mol. The normalized spacial score (nSPS) is 20.3. The molecule has 1 fully saturated rings. The van der Waals surface area contributed by atoms with Crippen molar-refractivity contribution in [2.75, 3.05) is 31.1 Å². The van der Waals surface area contributed by atoms with Crippen molar-refractivity contribution in [3.05, 3.63) is 10.6 Å². The van der Waals surface area contributed by atoms with Crippen molar-refractivity contribution >= 4 is 34.6 Å². The number of thiazole rings is 1. The van der Waals surface area contributed by atoms with E-state index in [0.29, 0.717) is 48.3 Å². The first-order valence-electron chi connectivity index (χ1n) is 10.1. The molecule has 1 aromatic rings. The van der Waals surface area contributed by atoms with Gasteiger partial charge in [-0.05, 0) is 26.2 Å². The second-order valence-electron chi connectivity index (χ2n) is 9.77. The minimum Gasteiger partial charge on any atom is -0.465 e. The van der Waals surface area contributed by atoms with Crippen LogP contribution in [0.5, 0.6) is 0 Å². The number of rotatable bonds is 1. The van der Waals surface area contributed by atoms with Crippen molar-refractivity contribution in [3.63, 3.8) is 0 Å². The molecule has 1 atom stereocenters. The number of nitrogens with zero attached hydrogens (tertiary/aromatic N) is 4. The summed E-state index contributed by atoms with van der Waals surface area (Å²) in [5.74, 6) is -0.500. The first-order chi connectivity index (χ1) is 13.8. The first-order valence-corrected chi connectivity index (χ1v) is 10.9. The number of fused-ring (bicyclic) bond motifs is 1. The predicted molar refractivity (Wildman–Crippen MR) is 113 cm³/mol. The Balaban J connectivity index is 1.75. The highest BCUT2D eigenvalue weighted by Crippen LogP contribution is 2.38. The van der Waals surface area contributed by atoms with Gasteiger partial charge in [0.25, 0.3) is 5.91 Å². The quantitative estimate of drug-likeness (QED) is 0.717. The van der Waals surface area contributed by atoms with E-state index in [1.54, 1.807) is 4.90 Å². The maximum Gasteiger partial charge on any atom is 0.414 e. The number of aromatic nitrogens is 1. The zero-order chi connectivity index (χ0) is 22.4. The molecule has 0 aromatic carbocycles. The average molecular weight is 439 g/mol. The Bertz CT molecular complexity index is 846. The zero-order valence-corrected chi connectivity index (χ0v) is 19.2. The number of ether oxygens (including phenoxy) is 1. The van der Waals surface area contributed by atoms with Crippen LogP contribution in [0, 0.1) is 5.41 Å². The van der Waals surface area contributed by atoms with E-state index in [9.17, 15) is 19.5 Å². The number of amides is 3. The Morgan fingerprint density at radius 3 is 2.20 bits per heavy atom. The summed E-state index contributed by atoms with van der Waals surface area (Å²) in [5.41, 5.74) is -0.274. The molecule has 0 saturated carbocycles. The van der Waals surface area contributed by atoms with Crippen LogP contribution in [0.15, 0.2) is 0 Å². The second kappa shape index (κ2) is 7.72. The monoisotopic (exact) mass is 438 g/mol. The van der Waals surface area contributed by atoms with Crippen molar-refractivity contribution in [1.82, 2.24) is 14.8 Å². The summed E-state index contributed by atoms with van der Waals surface area (Å²) in [5, 5.41) is 10.3. The SMILES string of the molecule is CC(C)(C)OC(=O)N1CCN(c2nc3c(s2)C(=O)N(C(=O)O)C(C(C)(C)C)C3)CC1. The number of anilines is 1. The molecule has 2 aliphatic rings. The lowest BCUT2D eigenvalue weighted by atomic mass is 9.81. The molecule has 166 valence electrons. The van der Waals surface area contributed by atoms with Crippen LogP contribution < -0.4 is 4.90 Å². The molecule has 1 aromatic heterocycles. The fraction of sp³-hybridized carbons (Fsp3) is 0.700. The highest BCUT2D eigenvalue weighted by atomic mass is 32.1. The van der Waals surface area contributed by atoms with E-state index < -0.39 is 29.1 Å². The number of imide groups is 1. The Hall–Kier alpha value is -2.36. The van der Waals surface area contributed by atoms with Crippen LogP contribution >= 0.6 is 11.3 Å². The minimum absolute atomic E-state index is 0.333. The van der Waals surface area contributed by atoms with Gasteiger partial charge in [-0.15, -0.1) is 0 Å². The van der Waals surface area contributed by atoms with E-state index in [2.05, 4.69) is 4.98 Å². The largest absolute Gasteiger partial charge is 0.465 e. The summed E-state index contributed by atoms with van der Waals surface area (Å²) < 4.78 is 5.43. The van der Waals surface area contributed by atoms with Gasteiger partial charge >= 0.3 is 12.2 Å². The number of carbonyl (C=O) groups is 3. The maximum absolute atomic E-state index is 12.9. The molecule has 1 saturated heterocycles. The maximum atomic E-state index is 12.9. The molecule has 1 N–H and O–H groups in total. The van der Waals surface area contributed by atoms with E-state index in [4.69, 9.17) is 4.74 Å². The number of hydrogen-bond donors (Lipinski definition) is 1. The lowest BCUT2D eigenvalue weighted by molar-refractivity contribution is 0.0240. The van der Waals surface area contributed by atoms with E-state index >= 15 is 0 Å². The van der Waals surface area contributed by atoms with Gasteiger partial charge in [-0.1, -0.05) is 32.1 Å². The molecule has 2 aliphatic heterocycles. The summed E-state index contributed by atoms with van der Waals surface area (Å²) in [7, 11) is 0. The van der Waals surface area contributed by atoms with Gasteiger partial charge in [0.15, 0.2) is 5.13 Å². The van der Waals surface area contributed by atoms with Crippen LogP contribution in [0.4, 0.5) is 14.7 Å². The van der Waals surface area contributed by atoms with Crippen LogP contribution in [0.1, 0.15) is 56.9 Å². The lowest BCUT2D eigenvalue weighted by Crippen LogP contribution is -2.53. The van der Waals surface area contributed by atoms with Crippen molar-refractivity contribution < 1.29 is 24.2 Å². The van der Waals surface area contributed by atoms with E-state index in [1.807, 2.05) is 46.4 Å². The summed E-state index contributed by atoms with van der Waals surface area (Å²) >= 11 is 1.23. The van der Waals surface area contributed by atoms with Crippen molar-refractivity contribution in [1.29, 1.82) is 0 Å². The smallest absolute Gasteiger partial charge is 0.414 e. The fourth-order valence-electron chi connectivity index (χ4n) is 3.63. The van der Waals surface area contributed by atoms with Crippen molar-refractivity contribution in [2.45, 2.75) is 59.6 Å². The highest BCUT2D eigenvalue weighted by molar-refractivity contribution is 7.17. The van der Waals surface area contributed by atoms with Gasteiger partial charge in [-0.25, -0.2) is 19.5 Å². The Kier molecular flexibility index (Phi) is 5.74. The van der Waals surface area contributed by atoms with Crippen LogP contribution in [-0.4, -0.2) is 75.8 Å². The fourth-order valence-corrected chi connectivity index (χ4v) is 4.71. The lowest BCUT2D eigenvalue weighted by Gasteiger charge is -2.39. The number of hydrogen-bond acceptors (Lipinski definition) is 7. The topological polar surface area (TPSA) is 103 Å². The summed E-state index contributed by atoms with van der Waals surface area (Å²) in [6, 6.07) is -0.464. The number of piperazine rings is 1. The third-order valence-corrected chi connectivity index (χ3v) is 6.35. The Labute approximate surface area is 180 Å². The second-order valence-corrected chi connectivity index (χ2v) is 10.7. The Morgan fingerprint density at radius 2 is 1.70 bits per heavy atom. The molecule has 10 heteroatoms. The standard InChI is InChI=1S/C20H30N4O5S/c1-19(2,3)13-11-12-14(15(25)24(13)17(26)27)30-16(21-12)22-7-9-23(10-8-22)18(28)29-20(4,5)6/h13H,7-11H2,1-6H3,(H,26,27). The van der Waals surface area contributed by atoms with Crippen LogP contribution in [-0.2, 0) is 11.2 Å². The van der Waals surface area contributed by atoms with Gasteiger partial charge in [-0.2, -0.15) is 0 Å². The zero-order valence-electron chi connectivity index (χ0n) is 18.4. The number of carbonyl (C=O) groups excluding carboxylic acids is 2. The summed E-state index contributed by atoms with van der Waals surface area (Å²) in [4.78, 5) is 46.7. The summed E-state index contributed by atoms with van der Waals surface area (Å²) in [6.07, 6.45) is -1.15. The molecule has 0 spiro atoms. The molecule has 0 radical (unpaired) electrons. The minimum atomic E-state index is -1.23. The van der Waals surface area contributed by atoms with Crippen LogP contribution in [0.2, 0.25) is 0 Å². The van der Waals surface area contributed by atoms with Crippen LogP contribution in [0.25, 0.3) is 0 Å². The first kappa shape index (κ1) is 22.3. The Morgan fingerprint density at radius 1 is 1.10 bits per heavy atom. The summed E-state index contributed by atoms with van der Waals surface area (Å²) in [6.45, 7) is 13.4. The molecule has 3 heterocycles.